The maximum absolute atomic E-state index is 5.90. The molecule has 14 heavy (non-hydrogen) atoms. The second-order valence-electron chi connectivity index (χ2n) is 2.64. The van der Waals surface area contributed by atoms with E-state index >= 15 is 0 Å². The minimum atomic E-state index is -1.42. The molecule has 0 aliphatic heterocycles. The first-order chi connectivity index (χ1) is 6.29. The van der Waals surface area contributed by atoms with E-state index in [1.807, 2.05) is 0 Å². The Morgan fingerprint density at radius 3 is 1.71 bits per heavy atom. The lowest BCUT2D eigenvalue weighted by Gasteiger charge is -2.13. The molecule has 0 bridgehead atoms. The van der Waals surface area contributed by atoms with Crippen LogP contribution in [-0.2, 0) is 6.42 Å². The molecule has 0 N–H and O–H groups in total. The highest BCUT2D eigenvalue weighted by atomic mass is 35.6. The van der Waals surface area contributed by atoms with E-state index in [0.717, 1.165) is 0 Å². The molecule has 0 aromatic heterocycles. The van der Waals surface area contributed by atoms with Crippen LogP contribution in [0.1, 0.15) is 5.56 Å². The standard InChI is InChI=1S/C8H4Cl6/c9-4-1-6(10)5(7(11)2-4)3-8(12,13)14/h1-2H,3H2. The largest absolute Gasteiger partial charge is 0.194 e. The Morgan fingerprint density at radius 2 is 1.36 bits per heavy atom. The zero-order valence-electron chi connectivity index (χ0n) is 6.63. The first kappa shape index (κ1) is 13.0. The number of rotatable bonds is 1. The fourth-order valence-corrected chi connectivity index (χ4v) is 2.29. The smallest absolute Gasteiger partial charge is 0.0842 e. The van der Waals surface area contributed by atoms with Gasteiger partial charge in [0.05, 0.1) is 0 Å². The number of halogens is 6. The first-order valence-electron chi connectivity index (χ1n) is 3.50. The Kier molecular flexibility index (Phi) is 4.52. The zero-order chi connectivity index (χ0) is 10.9. The third kappa shape index (κ3) is 3.84. The van der Waals surface area contributed by atoms with Gasteiger partial charge in [0.25, 0.3) is 0 Å². The molecule has 78 valence electrons. The van der Waals surface area contributed by atoms with Crippen LogP contribution in [0, 0.1) is 0 Å². The molecule has 0 saturated heterocycles. The van der Waals surface area contributed by atoms with Gasteiger partial charge in [-0.3, -0.25) is 0 Å². The van der Waals surface area contributed by atoms with Crippen molar-refractivity contribution in [2.24, 2.45) is 0 Å². The molecule has 0 aliphatic rings. The summed E-state index contributed by atoms with van der Waals surface area (Å²) in [5, 5.41) is 1.25. The number of hydrogen-bond donors (Lipinski definition) is 0. The Morgan fingerprint density at radius 1 is 0.929 bits per heavy atom. The van der Waals surface area contributed by atoms with Crippen molar-refractivity contribution >= 4 is 69.6 Å². The highest BCUT2D eigenvalue weighted by molar-refractivity contribution is 6.67. The zero-order valence-corrected chi connectivity index (χ0v) is 11.2. The van der Waals surface area contributed by atoms with E-state index in [1.54, 1.807) is 12.1 Å². The monoisotopic (exact) mass is 310 g/mol. The van der Waals surface area contributed by atoms with Gasteiger partial charge in [-0.1, -0.05) is 69.6 Å². The van der Waals surface area contributed by atoms with Crippen LogP contribution in [0.2, 0.25) is 15.1 Å². The van der Waals surface area contributed by atoms with Gasteiger partial charge < -0.3 is 0 Å². The van der Waals surface area contributed by atoms with Crippen LogP contribution >= 0.6 is 69.6 Å². The van der Waals surface area contributed by atoms with Gasteiger partial charge in [-0.2, -0.15) is 0 Å². The maximum atomic E-state index is 5.90. The molecule has 0 aliphatic carbocycles. The summed E-state index contributed by atoms with van der Waals surface area (Å²) in [6.45, 7) is 0. The van der Waals surface area contributed by atoms with Gasteiger partial charge in [-0.15, -0.1) is 0 Å². The van der Waals surface area contributed by atoms with Gasteiger partial charge in [0.15, 0.2) is 3.79 Å². The molecule has 0 radical (unpaired) electrons. The van der Waals surface area contributed by atoms with Crippen LogP contribution in [0.15, 0.2) is 12.1 Å². The van der Waals surface area contributed by atoms with Crippen molar-refractivity contribution in [1.29, 1.82) is 0 Å². The summed E-state index contributed by atoms with van der Waals surface area (Å²) in [5.74, 6) is 0. The van der Waals surface area contributed by atoms with Crippen LogP contribution < -0.4 is 0 Å². The molecule has 0 heterocycles. The van der Waals surface area contributed by atoms with Gasteiger partial charge in [-0.05, 0) is 17.7 Å². The Hall–Kier alpha value is 0.960. The normalized spacial score (nSPS) is 11.9. The van der Waals surface area contributed by atoms with E-state index in [1.165, 1.54) is 0 Å². The van der Waals surface area contributed by atoms with E-state index in [-0.39, 0.29) is 6.42 Å². The summed E-state index contributed by atoms with van der Waals surface area (Å²) in [7, 11) is 0. The summed E-state index contributed by atoms with van der Waals surface area (Å²) in [4.78, 5) is 0. The summed E-state index contributed by atoms with van der Waals surface area (Å²) in [6.07, 6.45) is 0.145. The van der Waals surface area contributed by atoms with Crippen LogP contribution in [0.25, 0.3) is 0 Å². The van der Waals surface area contributed by atoms with Gasteiger partial charge >= 0.3 is 0 Å². The molecule has 1 aromatic carbocycles. The van der Waals surface area contributed by atoms with Crippen LogP contribution in [0.3, 0.4) is 0 Å². The average molecular weight is 313 g/mol. The summed E-state index contributed by atoms with van der Waals surface area (Å²) in [6, 6.07) is 3.11. The van der Waals surface area contributed by atoms with Crippen molar-refractivity contribution in [2.45, 2.75) is 10.2 Å². The lowest BCUT2D eigenvalue weighted by Crippen LogP contribution is -2.07. The third-order valence-corrected chi connectivity index (χ3v) is 2.78. The molecule has 0 unspecified atom stereocenters. The summed E-state index contributed by atoms with van der Waals surface area (Å²) >= 11 is 34.4. The molecule has 1 rings (SSSR count). The van der Waals surface area contributed by atoms with Gasteiger partial charge in [0, 0.05) is 21.5 Å². The van der Waals surface area contributed by atoms with Gasteiger partial charge in [0.2, 0.25) is 0 Å². The van der Waals surface area contributed by atoms with Crippen molar-refractivity contribution in [3.63, 3.8) is 0 Å². The van der Waals surface area contributed by atoms with Crippen molar-refractivity contribution in [3.8, 4) is 0 Å². The van der Waals surface area contributed by atoms with E-state index < -0.39 is 3.79 Å². The quantitative estimate of drug-likeness (QED) is 0.596. The van der Waals surface area contributed by atoms with Crippen LogP contribution in [-0.4, -0.2) is 3.79 Å². The molecule has 0 amide bonds. The van der Waals surface area contributed by atoms with E-state index in [9.17, 15) is 0 Å². The Bertz CT molecular complexity index is 317. The van der Waals surface area contributed by atoms with E-state index in [2.05, 4.69) is 0 Å². The maximum Gasteiger partial charge on any atom is 0.194 e. The molecular formula is C8H4Cl6. The SMILES string of the molecule is Clc1cc(Cl)c(CC(Cl)(Cl)Cl)c(Cl)c1. The first-order valence-corrected chi connectivity index (χ1v) is 5.76. The molecule has 0 fully saturated rings. The second-order valence-corrected chi connectivity index (χ2v) is 6.41. The minimum absolute atomic E-state index is 0.145. The van der Waals surface area contributed by atoms with Gasteiger partial charge in [-0.25, -0.2) is 0 Å². The highest BCUT2D eigenvalue weighted by Gasteiger charge is 2.23. The molecule has 0 spiro atoms. The average Bonchev–Trinajstić information content (AvgIpc) is 1.95. The molecule has 6 heteroatoms. The lowest BCUT2D eigenvalue weighted by atomic mass is 10.2. The second kappa shape index (κ2) is 4.86. The lowest BCUT2D eigenvalue weighted by molar-refractivity contribution is 1.02. The fourth-order valence-electron chi connectivity index (χ4n) is 0.941. The minimum Gasteiger partial charge on any atom is -0.0842 e. The molecule has 1 aromatic rings. The van der Waals surface area contributed by atoms with E-state index in [4.69, 9.17) is 69.6 Å². The van der Waals surface area contributed by atoms with Crippen molar-refractivity contribution < 1.29 is 0 Å². The topological polar surface area (TPSA) is 0 Å². The molecular weight excluding hydrogens is 309 g/mol. The Labute approximate surface area is 112 Å². The fraction of sp³-hybridized carbons (Fsp3) is 0.250. The third-order valence-electron chi connectivity index (χ3n) is 1.48. The van der Waals surface area contributed by atoms with E-state index in [0.29, 0.717) is 20.6 Å². The van der Waals surface area contributed by atoms with Crippen LogP contribution in [0.5, 0.6) is 0 Å². The molecule has 0 saturated carbocycles. The highest BCUT2D eigenvalue weighted by Crippen LogP contribution is 2.37. The molecule has 0 atom stereocenters. The predicted molar refractivity (Wildman–Crippen MR) is 65.5 cm³/mol. The summed E-state index contributed by atoms with van der Waals surface area (Å²) in [5.41, 5.74) is 0.581. The van der Waals surface area contributed by atoms with Crippen molar-refractivity contribution in [2.75, 3.05) is 0 Å². The Balaban J connectivity index is 3.09. The molecule has 0 nitrogen and oxygen atoms in total. The number of alkyl halides is 3. The predicted octanol–water partition coefficient (Wildman–Crippen LogP) is 5.56. The van der Waals surface area contributed by atoms with Crippen molar-refractivity contribution in [1.82, 2.24) is 0 Å². The van der Waals surface area contributed by atoms with Gasteiger partial charge in [0.1, 0.15) is 0 Å². The van der Waals surface area contributed by atoms with Crippen LogP contribution in [0.4, 0.5) is 0 Å². The number of hydrogen-bond acceptors (Lipinski definition) is 0. The van der Waals surface area contributed by atoms with Crippen molar-refractivity contribution in [3.05, 3.63) is 32.8 Å². The number of benzene rings is 1. The summed E-state index contributed by atoms with van der Waals surface area (Å²) < 4.78 is -1.42.